The molecule has 1 aliphatic heterocycles. The first-order chi connectivity index (χ1) is 15.3. The minimum absolute atomic E-state index is 0.0411. The molecule has 0 radical (unpaired) electrons. The second-order valence-corrected chi connectivity index (χ2v) is 9.13. The standard InChI is InChI=1S/C28H29NO3/c1-19-10-11-20(2)25(16-19)29-18-21(17-26(29)30)27(31)32-24-14-12-23(13-15-24)28(3,4)22-8-6-5-7-9-22/h5-16,21H,17-18H2,1-4H3/t21-/m0/s1. The van der Waals surface area contributed by atoms with Crippen molar-refractivity contribution in [3.63, 3.8) is 0 Å². The van der Waals surface area contributed by atoms with Crippen LogP contribution in [0.1, 0.15) is 42.5 Å². The van der Waals surface area contributed by atoms with Gasteiger partial charge in [0.1, 0.15) is 5.75 Å². The van der Waals surface area contributed by atoms with E-state index in [0.29, 0.717) is 12.3 Å². The van der Waals surface area contributed by atoms with Crippen molar-refractivity contribution in [3.05, 3.63) is 95.1 Å². The molecule has 0 saturated carbocycles. The number of carbonyl (C=O) groups is 2. The zero-order valence-corrected chi connectivity index (χ0v) is 19.1. The van der Waals surface area contributed by atoms with Gasteiger partial charge >= 0.3 is 5.97 Å². The molecule has 1 aliphatic rings. The third-order valence-electron chi connectivity index (χ3n) is 6.40. The number of nitrogens with zero attached hydrogens (tertiary/aromatic N) is 1. The molecule has 1 atom stereocenters. The largest absolute Gasteiger partial charge is 0.426 e. The van der Waals surface area contributed by atoms with E-state index in [1.807, 2.05) is 74.5 Å². The highest BCUT2D eigenvalue weighted by Crippen LogP contribution is 2.33. The summed E-state index contributed by atoms with van der Waals surface area (Å²) in [6, 6.07) is 24.0. The summed E-state index contributed by atoms with van der Waals surface area (Å²) >= 11 is 0. The Morgan fingerprint density at radius 2 is 1.59 bits per heavy atom. The highest BCUT2D eigenvalue weighted by atomic mass is 16.5. The van der Waals surface area contributed by atoms with Gasteiger partial charge < -0.3 is 9.64 Å². The molecule has 0 unspecified atom stereocenters. The molecule has 4 rings (SSSR count). The maximum absolute atomic E-state index is 12.8. The Bertz CT molecular complexity index is 1130. The molecule has 32 heavy (non-hydrogen) atoms. The summed E-state index contributed by atoms with van der Waals surface area (Å²) < 4.78 is 5.64. The Kier molecular flexibility index (Phi) is 5.88. The van der Waals surface area contributed by atoms with Gasteiger partial charge in [-0.25, -0.2) is 0 Å². The van der Waals surface area contributed by atoms with Crippen molar-refractivity contribution in [1.82, 2.24) is 0 Å². The zero-order valence-electron chi connectivity index (χ0n) is 19.1. The van der Waals surface area contributed by atoms with Gasteiger partial charge in [0.25, 0.3) is 0 Å². The molecule has 0 aliphatic carbocycles. The van der Waals surface area contributed by atoms with Crippen molar-refractivity contribution in [2.45, 2.75) is 39.5 Å². The van der Waals surface area contributed by atoms with E-state index < -0.39 is 5.92 Å². The molecule has 164 valence electrons. The lowest BCUT2D eigenvalue weighted by molar-refractivity contribution is -0.139. The normalized spacial score (nSPS) is 16.3. The molecule has 0 N–H and O–H groups in total. The lowest BCUT2D eigenvalue weighted by Crippen LogP contribution is -2.28. The number of hydrogen-bond acceptors (Lipinski definition) is 3. The minimum Gasteiger partial charge on any atom is -0.426 e. The summed E-state index contributed by atoms with van der Waals surface area (Å²) in [6.45, 7) is 8.68. The Hall–Kier alpha value is -3.40. The van der Waals surface area contributed by atoms with Crippen LogP contribution in [-0.4, -0.2) is 18.4 Å². The van der Waals surface area contributed by atoms with Crippen molar-refractivity contribution >= 4 is 17.6 Å². The predicted molar refractivity (Wildman–Crippen MR) is 127 cm³/mol. The maximum Gasteiger partial charge on any atom is 0.316 e. The van der Waals surface area contributed by atoms with Gasteiger partial charge in [-0.05, 0) is 54.3 Å². The summed E-state index contributed by atoms with van der Waals surface area (Å²) in [6.07, 6.45) is 0.172. The lowest BCUT2D eigenvalue weighted by Gasteiger charge is -2.26. The van der Waals surface area contributed by atoms with Gasteiger partial charge in [0, 0.05) is 24.1 Å². The van der Waals surface area contributed by atoms with Gasteiger partial charge in [0.05, 0.1) is 5.92 Å². The molecule has 1 amide bonds. The first-order valence-electron chi connectivity index (χ1n) is 11.0. The maximum atomic E-state index is 12.8. The van der Waals surface area contributed by atoms with Crippen LogP contribution < -0.4 is 9.64 Å². The number of benzene rings is 3. The predicted octanol–water partition coefficient (Wildman–Crippen LogP) is 5.59. The van der Waals surface area contributed by atoms with Crippen molar-refractivity contribution < 1.29 is 14.3 Å². The van der Waals surface area contributed by atoms with Gasteiger partial charge in [0.15, 0.2) is 0 Å². The van der Waals surface area contributed by atoms with Gasteiger partial charge in [-0.1, -0.05) is 68.4 Å². The summed E-state index contributed by atoms with van der Waals surface area (Å²) in [4.78, 5) is 27.1. The SMILES string of the molecule is Cc1ccc(C)c(N2C[C@@H](C(=O)Oc3ccc(C(C)(C)c4ccccc4)cc3)CC2=O)c1. The summed E-state index contributed by atoms with van der Waals surface area (Å²) in [5.74, 6) is -0.370. The second kappa shape index (κ2) is 8.62. The Morgan fingerprint density at radius 1 is 0.938 bits per heavy atom. The molecule has 4 nitrogen and oxygen atoms in total. The van der Waals surface area contributed by atoms with Crippen LogP contribution in [0, 0.1) is 19.8 Å². The zero-order chi connectivity index (χ0) is 22.9. The number of hydrogen-bond donors (Lipinski definition) is 0. The van der Waals surface area contributed by atoms with Crippen LogP contribution in [0.3, 0.4) is 0 Å². The topological polar surface area (TPSA) is 46.6 Å². The monoisotopic (exact) mass is 427 g/mol. The molecule has 1 saturated heterocycles. The number of esters is 1. The Labute approximate surface area is 189 Å². The number of rotatable bonds is 5. The first kappa shape index (κ1) is 21.8. The molecule has 4 heteroatoms. The third kappa shape index (κ3) is 4.31. The van der Waals surface area contributed by atoms with Gasteiger partial charge in [-0.2, -0.15) is 0 Å². The van der Waals surface area contributed by atoms with Crippen molar-refractivity contribution in [2.75, 3.05) is 11.4 Å². The molecule has 0 aromatic heterocycles. The molecule has 3 aromatic rings. The van der Waals surface area contributed by atoms with E-state index in [0.717, 1.165) is 22.4 Å². The number of ether oxygens (including phenoxy) is 1. The highest BCUT2D eigenvalue weighted by molar-refractivity contribution is 6.00. The van der Waals surface area contributed by atoms with Crippen LogP contribution in [0.4, 0.5) is 5.69 Å². The van der Waals surface area contributed by atoms with Gasteiger partial charge in [-0.3, -0.25) is 9.59 Å². The van der Waals surface area contributed by atoms with E-state index >= 15 is 0 Å². The van der Waals surface area contributed by atoms with E-state index in [1.165, 1.54) is 5.56 Å². The fraction of sp³-hybridized carbons (Fsp3) is 0.286. The van der Waals surface area contributed by atoms with Crippen LogP contribution in [0.5, 0.6) is 5.75 Å². The quantitative estimate of drug-likeness (QED) is 0.394. The first-order valence-corrected chi connectivity index (χ1v) is 11.0. The molecular weight excluding hydrogens is 398 g/mol. The van der Waals surface area contributed by atoms with E-state index in [1.54, 1.807) is 4.90 Å². The summed E-state index contributed by atoms with van der Waals surface area (Å²) in [5.41, 5.74) is 5.19. The Morgan fingerprint density at radius 3 is 2.28 bits per heavy atom. The van der Waals surface area contributed by atoms with E-state index in [2.05, 4.69) is 26.0 Å². The lowest BCUT2D eigenvalue weighted by atomic mass is 9.78. The molecule has 0 spiro atoms. The number of carbonyl (C=O) groups excluding carboxylic acids is 2. The van der Waals surface area contributed by atoms with Crippen LogP contribution in [-0.2, 0) is 15.0 Å². The smallest absolute Gasteiger partial charge is 0.316 e. The van der Waals surface area contributed by atoms with Gasteiger partial charge in [0.2, 0.25) is 5.91 Å². The van der Waals surface area contributed by atoms with Crippen molar-refractivity contribution in [3.8, 4) is 5.75 Å². The van der Waals surface area contributed by atoms with Gasteiger partial charge in [-0.15, -0.1) is 0 Å². The molecule has 3 aromatic carbocycles. The number of aryl methyl sites for hydroxylation is 2. The summed E-state index contributed by atoms with van der Waals surface area (Å²) in [5, 5.41) is 0. The van der Waals surface area contributed by atoms with E-state index in [-0.39, 0.29) is 23.7 Å². The third-order valence-corrected chi connectivity index (χ3v) is 6.40. The van der Waals surface area contributed by atoms with E-state index in [4.69, 9.17) is 4.74 Å². The summed E-state index contributed by atoms with van der Waals surface area (Å²) in [7, 11) is 0. The average molecular weight is 428 g/mol. The molecular formula is C28H29NO3. The fourth-order valence-corrected chi connectivity index (χ4v) is 4.27. The van der Waals surface area contributed by atoms with Crippen molar-refractivity contribution in [2.24, 2.45) is 5.92 Å². The second-order valence-electron chi connectivity index (χ2n) is 9.13. The van der Waals surface area contributed by atoms with Crippen LogP contribution in [0.25, 0.3) is 0 Å². The number of amides is 1. The van der Waals surface area contributed by atoms with Crippen LogP contribution in [0.15, 0.2) is 72.8 Å². The Balaban J connectivity index is 1.44. The van der Waals surface area contributed by atoms with Crippen LogP contribution in [0.2, 0.25) is 0 Å². The molecule has 0 bridgehead atoms. The van der Waals surface area contributed by atoms with E-state index in [9.17, 15) is 9.59 Å². The average Bonchev–Trinajstić information content (AvgIpc) is 3.18. The fourth-order valence-electron chi connectivity index (χ4n) is 4.27. The molecule has 1 fully saturated rings. The highest BCUT2D eigenvalue weighted by Gasteiger charge is 2.37. The van der Waals surface area contributed by atoms with Crippen LogP contribution >= 0.6 is 0 Å². The number of anilines is 1. The van der Waals surface area contributed by atoms with Crippen molar-refractivity contribution in [1.29, 1.82) is 0 Å². The minimum atomic E-state index is -0.470. The molecule has 1 heterocycles.